The maximum Gasteiger partial charge on any atom is 0.259 e. The molecule has 0 aromatic heterocycles. The van der Waals surface area contributed by atoms with Crippen LogP contribution in [0.1, 0.15) is 32.6 Å². The number of carbonyl (C=O) groups excluding carboxylic acids is 2. The number of unbranched alkanes of at least 4 members (excludes halogenated alkanes) is 2. The number of amides is 2. The molecule has 6 heteroatoms. The number of ether oxygens (including phenoxy) is 1. The van der Waals surface area contributed by atoms with E-state index in [2.05, 4.69) is 6.92 Å². The SMILES string of the molecule is CCCCCOc1ccc(N2C(=O)C[C@H](N(O)c3ccccc3)C2=O)cc1. The molecule has 0 bridgehead atoms. The fourth-order valence-corrected chi connectivity index (χ4v) is 3.07. The first-order valence-corrected chi connectivity index (χ1v) is 9.24. The summed E-state index contributed by atoms with van der Waals surface area (Å²) < 4.78 is 5.66. The van der Waals surface area contributed by atoms with Crippen LogP contribution in [-0.2, 0) is 9.59 Å². The highest BCUT2D eigenvalue weighted by Gasteiger charge is 2.43. The van der Waals surface area contributed by atoms with Crippen LogP contribution in [0.5, 0.6) is 5.75 Å². The third-order valence-corrected chi connectivity index (χ3v) is 4.55. The summed E-state index contributed by atoms with van der Waals surface area (Å²) in [6, 6.07) is 14.7. The molecule has 0 unspecified atom stereocenters. The number of para-hydroxylation sites is 1. The van der Waals surface area contributed by atoms with Crippen LogP contribution >= 0.6 is 0 Å². The zero-order chi connectivity index (χ0) is 19.2. The van der Waals surface area contributed by atoms with Crippen LogP contribution in [0.3, 0.4) is 0 Å². The molecule has 0 spiro atoms. The first kappa shape index (κ1) is 18.9. The van der Waals surface area contributed by atoms with E-state index in [4.69, 9.17) is 4.74 Å². The van der Waals surface area contributed by atoms with E-state index >= 15 is 0 Å². The lowest BCUT2D eigenvalue weighted by Crippen LogP contribution is -2.40. The molecule has 1 heterocycles. The number of nitrogens with zero attached hydrogens (tertiary/aromatic N) is 2. The molecular weight excluding hydrogens is 344 g/mol. The Morgan fingerprint density at radius 2 is 1.78 bits per heavy atom. The normalized spacial score (nSPS) is 16.7. The molecule has 0 aliphatic carbocycles. The monoisotopic (exact) mass is 368 g/mol. The average Bonchev–Trinajstić information content (AvgIpc) is 3.00. The lowest BCUT2D eigenvalue weighted by Gasteiger charge is -2.22. The van der Waals surface area contributed by atoms with E-state index in [0.717, 1.165) is 29.2 Å². The van der Waals surface area contributed by atoms with Crippen molar-refractivity contribution in [1.82, 2.24) is 0 Å². The molecule has 2 aromatic rings. The topological polar surface area (TPSA) is 70.1 Å². The van der Waals surface area contributed by atoms with Crippen molar-refractivity contribution in [3.05, 3.63) is 54.6 Å². The first-order valence-electron chi connectivity index (χ1n) is 9.24. The molecule has 1 fully saturated rings. The molecule has 1 aliphatic heterocycles. The van der Waals surface area contributed by atoms with Gasteiger partial charge in [0, 0.05) is 0 Å². The lowest BCUT2D eigenvalue weighted by molar-refractivity contribution is -0.121. The number of carbonyl (C=O) groups is 2. The van der Waals surface area contributed by atoms with E-state index in [-0.39, 0.29) is 12.3 Å². The van der Waals surface area contributed by atoms with Crippen LogP contribution in [0.15, 0.2) is 54.6 Å². The third-order valence-electron chi connectivity index (χ3n) is 4.55. The van der Waals surface area contributed by atoms with Gasteiger partial charge < -0.3 is 4.74 Å². The highest BCUT2D eigenvalue weighted by molar-refractivity contribution is 6.23. The van der Waals surface area contributed by atoms with E-state index in [1.54, 1.807) is 48.5 Å². The Morgan fingerprint density at radius 1 is 1.07 bits per heavy atom. The van der Waals surface area contributed by atoms with Gasteiger partial charge in [0.05, 0.1) is 24.4 Å². The molecule has 2 aromatic carbocycles. The van der Waals surface area contributed by atoms with Crippen molar-refractivity contribution < 1.29 is 19.5 Å². The largest absolute Gasteiger partial charge is 0.494 e. The number of hydrogen-bond acceptors (Lipinski definition) is 5. The van der Waals surface area contributed by atoms with Gasteiger partial charge in [-0.1, -0.05) is 38.0 Å². The Balaban J connectivity index is 1.68. The van der Waals surface area contributed by atoms with Crippen molar-refractivity contribution in [1.29, 1.82) is 0 Å². The van der Waals surface area contributed by atoms with Crippen LogP contribution in [0, 0.1) is 0 Å². The Labute approximate surface area is 158 Å². The Kier molecular flexibility index (Phi) is 6.08. The van der Waals surface area contributed by atoms with Crippen molar-refractivity contribution in [3.8, 4) is 5.75 Å². The summed E-state index contributed by atoms with van der Waals surface area (Å²) in [7, 11) is 0. The number of hydroxylamine groups is 1. The van der Waals surface area contributed by atoms with Crippen molar-refractivity contribution in [2.45, 2.75) is 38.6 Å². The summed E-state index contributed by atoms with van der Waals surface area (Å²) in [6.45, 7) is 2.78. The van der Waals surface area contributed by atoms with Gasteiger partial charge in [-0.25, -0.2) is 9.96 Å². The number of hydrogen-bond donors (Lipinski definition) is 1. The molecule has 1 aliphatic rings. The van der Waals surface area contributed by atoms with Crippen LogP contribution in [-0.4, -0.2) is 29.7 Å². The number of anilines is 2. The second kappa shape index (κ2) is 8.68. The van der Waals surface area contributed by atoms with Crippen molar-refractivity contribution in [2.75, 3.05) is 16.6 Å². The van der Waals surface area contributed by atoms with Gasteiger partial charge in [0.15, 0.2) is 0 Å². The maximum atomic E-state index is 12.7. The van der Waals surface area contributed by atoms with Gasteiger partial charge in [-0.05, 0) is 42.8 Å². The quantitative estimate of drug-likeness (QED) is 0.436. The summed E-state index contributed by atoms with van der Waals surface area (Å²) in [6.07, 6.45) is 3.18. The summed E-state index contributed by atoms with van der Waals surface area (Å²) in [5.74, 6) is -0.0712. The molecule has 6 nitrogen and oxygen atoms in total. The van der Waals surface area contributed by atoms with Gasteiger partial charge in [0.25, 0.3) is 5.91 Å². The van der Waals surface area contributed by atoms with Crippen molar-refractivity contribution >= 4 is 23.2 Å². The molecule has 0 saturated carbocycles. The molecule has 0 radical (unpaired) electrons. The summed E-state index contributed by atoms with van der Waals surface area (Å²) in [5.41, 5.74) is 0.955. The molecule has 2 amide bonds. The van der Waals surface area contributed by atoms with Crippen molar-refractivity contribution in [2.24, 2.45) is 0 Å². The number of imide groups is 1. The highest BCUT2D eigenvalue weighted by Crippen LogP contribution is 2.29. The van der Waals surface area contributed by atoms with E-state index < -0.39 is 11.9 Å². The predicted octanol–water partition coefficient (Wildman–Crippen LogP) is 3.78. The number of benzene rings is 2. The minimum Gasteiger partial charge on any atom is -0.494 e. The molecular formula is C21H24N2O4. The van der Waals surface area contributed by atoms with E-state index in [0.29, 0.717) is 23.7 Å². The van der Waals surface area contributed by atoms with Gasteiger partial charge in [-0.2, -0.15) is 0 Å². The fourth-order valence-electron chi connectivity index (χ4n) is 3.07. The number of rotatable bonds is 8. The molecule has 1 saturated heterocycles. The Hall–Kier alpha value is -2.86. The van der Waals surface area contributed by atoms with Crippen LogP contribution in [0.25, 0.3) is 0 Å². The average molecular weight is 368 g/mol. The molecule has 142 valence electrons. The van der Waals surface area contributed by atoms with Gasteiger partial charge >= 0.3 is 0 Å². The zero-order valence-electron chi connectivity index (χ0n) is 15.4. The zero-order valence-corrected chi connectivity index (χ0v) is 15.4. The maximum absolute atomic E-state index is 12.7. The Morgan fingerprint density at radius 3 is 2.44 bits per heavy atom. The molecule has 1 N–H and O–H groups in total. The van der Waals surface area contributed by atoms with Crippen LogP contribution < -0.4 is 14.7 Å². The molecule has 27 heavy (non-hydrogen) atoms. The second-order valence-corrected chi connectivity index (χ2v) is 6.52. The minimum atomic E-state index is -0.926. The van der Waals surface area contributed by atoms with Crippen LogP contribution in [0.2, 0.25) is 0 Å². The fraction of sp³-hybridized carbons (Fsp3) is 0.333. The van der Waals surface area contributed by atoms with Crippen LogP contribution in [0.4, 0.5) is 11.4 Å². The predicted molar refractivity (Wildman–Crippen MR) is 103 cm³/mol. The third kappa shape index (κ3) is 4.28. The van der Waals surface area contributed by atoms with E-state index in [1.807, 2.05) is 6.07 Å². The van der Waals surface area contributed by atoms with Gasteiger partial charge in [0.1, 0.15) is 11.8 Å². The smallest absolute Gasteiger partial charge is 0.259 e. The van der Waals surface area contributed by atoms with E-state index in [1.165, 1.54) is 0 Å². The minimum absolute atomic E-state index is 0.0699. The second-order valence-electron chi connectivity index (χ2n) is 6.52. The lowest BCUT2D eigenvalue weighted by atomic mass is 10.2. The molecule has 1 atom stereocenters. The van der Waals surface area contributed by atoms with E-state index in [9.17, 15) is 14.8 Å². The highest BCUT2D eigenvalue weighted by atomic mass is 16.5. The summed E-state index contributed by atoms with van der Waals surface area (Å²) in [4.78, 5) is 26.3. The molecule has 3 rings (SSSR count). The Bertz CT molecular complexity index is 777. The van der Waals surface area contributed by atoms with Gasteiger partial charge in [-0.15, -0.1) is 0 Å². The van der Waals surface area contributed by atoms with Crippen molar-refractivity contribution in [3.63, 3.8) is 0 Å². The first-order chi connectivity index (χ1) is 13.1. The van der Waals surface area contributed by atoms with Gasteiger partial charge in [-0.3, -0.25) is 14.8 Å². The summed E-state index contributed by atoms with van der Waals surface area (Å²) >= 11 is 0. The standard InChI is InChI=1S/C21H24N2O4/c1-2-3-7-14-27-18-12-10-16(11-13-18)22-20(24)15-19(21(22)25)23(26)17-8-5-4-6-9-17/h4-6,8-13,19,26H,2-3,7,14-15H2,1H3/t19-/m0/s1. The summed E-state index contributed by atoms with van der Waals surface area (Å²) in [5, 5.41) is 11.2. The van der Waals surface area contributed by atoms with Gasteiger partial charge in [0.2, 0.25) is 5.91 Å².